The van der Waals surface area contributed by atoms with Crippen LogP contribution in [0.2, 0.25) is 0 Å². The first kappa shape index (κ1) is 36.2. The van der Waals surface area contributed by atoms with Gasteiger partial charge in [0.1, 0.15) is 44.7 Å². The highest BCUT2D eigenvalue weighted by atomic mass is 16.3. The van der Waals surface area contributed by atoms with E-state index in [0.717, 1.165) is 133 Å². The Morgan fingerprint density at radius 2 is 0.697 bits per heavy atom. The van der Waals surface area contributed by atoms with Crippen molar-refractivity contribution in [2.24, 2.45) is 0 Å². The molecule has 6 heteroatoms. The zero-order chi connectivity index (χ0) is 43.8. The molecule has 0 atom stereocenters. The number of furan rings is 4. The number of benzene rings is 9. The number of fused-ring (bicyclic) bond motifs is 18. The summed E-state index contributed by atoms with van der Waals surface area (Å²) in [5.74, 6) is 0. The van der Waals surface area contributed by atoms with E-state index in [1.165, 1.54) is 11.1 Å². The summed E-state index contributed by atoms with van der Waals surface area (Å²) in [5, 5.41) is 8.61. The normalized spacial score (nSPS) is 15.2. The monoisotopic (exact) mass is 852 g/mol. The molecule has 13 aromatic rings. The van der Waals surface area contributed by atoms with Gasteiger partial charge in [-0.15, -0.1) is 0 Å². The molecule has 0 radical (unpaired) electrons. The van der Waals surface area contributed by atoms with Gasteiger partial charge in [0.25, 0.3) is 0 Å². The standard InChI is InChI=1S/C60H40N2O4/c1-59(2)43-15-7-9-17-45(43)61(33-21-27-51-39(29-33)35-13-5-11-19-49(35)63-51)47-25-23-37-41-31-54-42(32-53(41)65-57(37)55(47)59)38-24-26-48-56(58(38)66-54)60(3,4)44-16-8-10-18-46(44)62(48)34-22-28-52-40(30-34)36-14-6-12-20-50(36)64-52/h5-32H,1-4H3. The number of anilines is 6. The number of rotatable bonds is 2. The van der Waals surface area contributed by atoms with Crippen LogP contribution in [0.3, 0.4) is 0 Å². The van der Waals surface area contributed by atoms with Gasteiger partial charge in [-0.25, -0.2) is 0 Å². The molecule has 2 aliphatic rings. The summed E-state index contributed by atoms with van der Waals surface area (Å²) >= 11 is 0. The molecule has 6 heterocycles. The van der Waals surface area contributed by atoms with Crippen LogP contribution < -0.4 is 9.80 Å². The van der Waals surface area contributed by atoms with Crippen LogP contribution in [-0.2, 0) is 10.8 Å². The predicted octanol–water partition coefficient (Wildman–Crippen LogP) is 17.5. The summed E-state index contributed by atoms with van der Waals surface area (Å²) in [7, 11) is 0. The second kappa shape index (κ2) is 12.3. The molecule has 0 aliphatic carbocycles. The molecule has 0 amide bonds. The molecule has 0 spiro atoms. The highest BCUT2D eigenvalue weighted by Gasteiger charge is 2.42. The second-order valence-electron chi connectivity index (χ2n) is 19.2. The summed E-state index contributed by atoms with van der Waals surface area (Å²) in [4.78, 5) is 4.79. The molecule has 15 rings (SSSR count). The Hall–Kier alpha value is -8.22. The van der Waals surface area contributed by atoms with Gasteiger partial charge in [0.2, 0.25) is 0 Å². The fraction of sp³-hybridized carbons (Fsp3) is 0.100. The van der Waals surface area contributed by atoms with Crippen LogP contribution in [-0.4, -0.2) is 0 Å². The Kier molecular flexibility index (Phi) is 6.75. The molecule has 0 unspecified atom stereocenters. The molecule has 9 aromatic carbocycles. The molecule has 4 aromatic heterocycles. The number of para-hydroxylation sites is 4. The molecule has 6 nitrogen and oxygen atoms in total. The van der Waals surface area contributed by atoms with Crippen LogP contribution in [0.4, 0.5) is 34.1 Å². The lowest BCUT2D eigenvalue weighted by molar-refractivity contribution is 0.600. The van der Waals surface area contributed by atoms with E-state index in [1.54, 1.807) is 0 Å². The van der Waals surface area contributed by atoms with Crippen LogP contribution in [0.1, 0.15) is 49.9 Å². The van der Waals surface area contributed by atoms with E-state index in [0.29, 0.717) is 0 Å². The number of hydrogen-bond donors (Lipinski definition) is 0. The minimum Gasteiger partial charge on any atom is -0.456 e. The number of nitrogens with zero attached hydrogens (tertiary/aromatic N) is 2. The first-order valence-electron chi connectivity index (χ1n) is 22.7. The molecule has 0 saturated carbocycles. The third-order valence-electron chi connectivity index (χ3n) is 15.0. The Morgan fingerprint density at radius 1 is 0.303 bits per heavy atom. The maximum absolute atomic E-state index is 7.16. The second-order valence-corrected chi connectivity index (χ2v) is 19.2. The Bertz CT molecular complexity index is 3990. The van der Waals surface area contributed by atoms with Crippen molar-refractivity contribution < 1.29 is 17.7 Å². The molecule has 66 heavy (non-hydrogen) atoms. The van der Waals surface area contributed by atoms with Crippen molar-refractivity contribution in [2.75, 3.05) is 9.80 Å². The van der Waals surface area contributed by atoms with Crippen LogP contribution in [0, 0.1) is 0 Å². The molecular formula is C60H40N2O4. The topological polar surface area (TPSA) is 59.0 Å². The van der Waals surface area contributed by atoms with Crippen molar-refractivity contribution in [3.63, 3.8) is 0 Å². The Morgan fingerprint density at radius 3 is 1.17 bits per heavy atom. The Labute approximate surface area is 378 Å². The van der Waals surface area contributed by atoms with Gasteiger partial charge in [-0.1, -0.05) is 100 Å². The van der Waals surface area contributed by atoms with Crippen LogP contribution in [0.25, 0.3) is 87.8 Å². The van der Waals surface area contributed by atoms with Crippen LogP contribution in [0.15, 0.2) is 188 Å². The van der Waals surface area contributed by atoms with Gasteiger partial charge in [0.15, 0.2) is 0 Å². The van der Waals surface area contributed by atoms with Crippen molar-refractivity contribution in [1.29, 1.82) is 0 Å². The van der Waals surface area contributed by atoms with Gasteiger partial charge in [-0.3, -0.25) is 0 Å². The smallest absolute Gasteiger partial charge is 0.141 e. The van der Waals surface area contributed by atoms with E-state index in [1.807, 2.05) is 24.3 Å². The van der Waals surface area contributed by atoms with E-state index in [2.05, 4.69) is 183 Å². The predicted molar refractivity (Wildman–Crippen MR) is 269 cm³/mol. The molecule has 0 fully saturated rings. The van der Waals surface area contributed by atoms with E-state index in [-0.39, 0.29) is 10.8 Å². The fourth-order valence-corrected chi connectivity index (χ4v) is 11.9. The van der Waals surface area contributed by atoms with Gasteiger partial charge in [-0.2, -0.15) is 0 Å². The van der Waals surface area contributed by atoms with Gasteiger partial charge in [-0.05, 0) is 108 Å². The third kappa shape index (κ3) is 4.55. The maximum Gasteiger partial charge on any atom is 0.141 e. The average Bonchev–Trinajstić information content (AvgIpc) is 4.10. The van der Waals surface area contributed by atoms with Crippen molar-refractivity contribution in [3.05, 3.63) is 192 Å². The van der Waals surface area contributed by atoms with Crippen molar-refractivity contribution >= 4 is 122 Å². The third-order valence-corrected chi connectivity index (χ3v) is 15.0. The van der Waals surface area contributed by atoms with Crippen LogP contribution in [0.5, 0.6) is 0 Å². The van der Waals surface area contributed by atoms with Gasteiger partial charge >= 0.3 is 0 Å². The molecule has 314 valence electrons. The summed E-state index contributed by atoms with van der Waals surface area (Å²) in [6.07, 6.45) is 0. The van der Waals surface area contributed by atoms with Gasteiger partial charge < -0.3 is 27.5 Å². The lowest BCUT2D eigenvalue weighted by atomic mass is 9.73. The zero-order valence-electron chi connectivity index (χ0n) is 36.7. The maximum atomic E-state index is 7.16. The summed E-state index contributed by atoms with van der Waals surface area (Å²) in [6, 6.07) is 60.6. The van der Waals surface area contributed by atoms with Crippen molar-refractivity contribution in [3.8, 4) is 0 Å². The zero-order valence-corrected chi connectivity index (χ0v) is 36.7. The average molecular weight is 853 g/mol. The molecule has 2 aliphatic heterocycles. The van der Waals surface area contributed by atoms with E-state index in [9.17, 15) is 0 Å². The molecule has 0 bridgehead atoms. The highest BCUT2D eigenvalue weighted by molar-refractivity contribution is 6.18. The quantitative estimate of drug-likeness (QED) is 0.173. The lowest BCUT2D eigenvalue weighted by Gasteiger charge is -2.41. The van der Waals surface area contributed by atoms with E-state index < -0.39 is 0 Å². The largest absolute Gasteiger partial charge is 0.456 e. The minimum absolute atomic E-state index is 0.365. The van der Waals surface area contributed by atoms with Gasteiger partial charge in [0.05, 0.1) is 22.7 Å². The summed E-state index contributed by atoms with van der Waals surface area (Å²) in [6.45, 7) is 9.29. The van der Waals surface area contributed by atoms with E-state index in [4.69, 9.17) is 17.7 Å². The first-order chi connectivity index (χ1) is 32.2. The SMILES string of the molecule is CC1(C)c2ccccc2N(c2ccc3oc4ccccc4c3c2)c2ccc3c(oc4cc5c(cc43)oc3c4c(ccc35)N(c3ccc5oc6ccccc6c5c3)c3ccccc3C4(C)C)c21. The van der Waals surface area contributed by atoms with Gasteiger partial charge in [0, 0.05) is 76.4 Å². The molecule has 0 N–H and O–H groups in total. The van der Waals surface area contributed by atoms with Crippen molar-refractivity contribution in [2.45, 2.75) is 38.5 Å². The highest BCUT2D eigenvalue weighted by Crippen LogP contribution is 2.58. The summed E-state index contributed by atoms with van der Waals surface area (Å²) < 4.78 is 26.8. The molecule has 0 saturated heterocycles. The van der Waals surface area contributed by atoms with Crippen molar-refractivity contribution in [1.82, 2.24) is 0 Å². The fourth-order valence-electron chi connectivity index (χ4n) is 11.9. The molecular weight excluding hydrogens is 813 g/mol. The van der Waals surface area contributed by atoms with E-state index >= 15 is 0 Å². The Balaban J connectivity index is 0.928. The minimum atomic E-state index is -0.365. The summed E-state index contributed by atoms with van der Waals surface area (Å²) in [5.41, 5.74) is 17.7. The van der Waals surface area contributed by atoms with Crippen LogP contribution >= 0.6 is 0 Å². The number of hydrogen-bond acceptors (Lipinski definition) is 6. The lowest BCUT2D eigenvalue weighted by Crippen LogP contribution is -2.30. The first-order valence-corrected chi connectivity index (χ1v) is 22.7.